The molecular formula is C12H15NO4. The Morgan fingerprint density at radius 1 is 1.35 bits per heavy atom. The maximum Gasteiger partial charge on any atom is 0.323 e. The highest BCUT2D eigenvalue weighted by Gasteiger charge is 2.19. The summed E-state index contributed by atoms with van der Waals surface area (Å²) in [5.41, 5.74) is 0.945. The number of hydrogen-bond donors (Lipinski definition) is 2. The van der Waals surface area contributed by atoms with E-state index in [0.29, 0.717) is 6.42 Å². The Labute approximate surface area is 99.4 Å². The zero-order valence-electron chi connectivity index (χ0n) is 9.55. The fourth-order valence-corrected chi connectivity index (χ4v) is 1.44. The lowest BCUT2D eigenvalue weighted by Gasteiger charge is -2.15. The number of aliphatic carboxylic acids is 1. The molecule has 0 saturated carbocycles. The average molecular weight is 237 g/mol. The summed E-state index contributed by atoms with van der Waals surface area (Å²) in [4.78, 5) is 21.9. The van der Waals surface area contributed by atoms with Crippen molar-refractivity contribution in [1.29, 1.82) is 0 Å². The summed E-state index contributed by atoms with van der Waals surface area (Å²) in [7, 11) is 1.28. The minimum absolute atomic E-state index is 0.271. The van der Waals surface area contributed by atoms with E-state index in [4.69, 9.17) is 5.11 Å². The molecule has 0 amide bonds. The van der Waals surface area contributed by atoms with Crippen molar-refractivity contribution in [2.45, 2.75) is 12.5 Å². The summed E-state index contributed by atoms with van der Waals surface area (Å²) in [6.45, 7) is -0.271. The van der Waals surface area contributed by atoms with Crippen LogP contribution in [0.25, 0.3) is 0 Å². The van der Waals surface area contributed by atoms with Crippen molar-refractivity contribution in [3.63, 3.8) is 0 Å². The molecule has 0 fully saturated rings. The second kappa shape index (κ2) is 6.65. The first-order valence-corrected chi connectivity index (χ1v) is 5.20. The SMILES string of the molecule is COC(=O)[C@@H](Cc1ccccc1)NCC(=O)O. The Bertz CT molecular complexity index is 377. The van der Waals surface area contributed by atoms with Gasteiger partial charge in [0.15, 0.2) is 0 Å². The summed E-state index contributed by atoms with van der Waals surface area (Å²) in [5, 5.41) is 11.2. The first kappa shape index (κ1) is 13.2. The van der Waals surface area contributed by atoms with E-state index in [1.807, 2.05) is 30.3 Å². The molecule has 1 aromatic rings. The molecule has 0 aliphatic carbocycles. The minimum Gasteiger partial charge on any atom is -0.480 e. The van der Waals surface area contributed by atoms with Crippen molar-refractivity contribution in [3.05, 3.63) is 35.9 Å². The molecule has 0 spiro atoms. The lowest BCUT2D eigenvalue weighted by atomic mass is 10.1. The van der Waals surface area contributed by atoms with Gasteiger partial charge in [0.05, 0.1) is 13.7 Å². The fraction of sp³-hybridized carbons (Fsp3) is 0.333. The van der Waals surface area contributed by atoms with E-state index < -0.39 is 18.0 Å². The molecule has 1 atom stereocenters. The van der Waals surface area contributed by atoms with Crippen molar-refractivity contribution < 1.29 is 19.4 Å². The summed E-state index contributed by atoms with van der Waals surface area (Å²) in [6, 6.07) is 8.71. The van der Waals surface area contributed by atoms with Crippen LogP contribution in [-0.2, 0) is 20.7 Å². The van der Waals surface area contributed by atoms with Crippen molar-refractivity contribution in [2.75, 3.05) is 13.7 Å². The molecule has 0 aromatic heterocycles. The van der Waals surface area contributed by atoms with E-state index in [-0.39, 0.29) is 6.54 Å². The molecule has 0 unspecified atom stereocenters. The molecular weight excluding hydrogens is 222 g/mol. The third kappa shape index (κ3) is 4.65. The van der Waals surface area contributed by atoms with E-state index in [1.54, 1.807) is 0 Å². The molecule has 0 radical (unpaired) electrons. The van der Waals surface area contributed by atoms with Crippen LogP contribution in [0.4, 0.5) is 0 Å². The summed E-state index contributed by atoms with van der Waals surface area (Å²) in [5.74, 6) is -1.47. The second-order valence-electron chi connectivity index (χ2n) is 3.54. The fourth-order valence-electron chi connectivity index (χ4n) is 1.44. The number of rotatable bonds is 6. The standard InChI is InChI=1S/C12H15NO4/c1-17-12(16)10(13-8-11(14)15)7-9-5-3-2-4-6-9/h2-6,10,13H,7-8H2,1H3,(H,14,15)/t10-/m1/s1. The van der Waals surface area contributed by atoms with Crippen LogP contribution in [-0.4, -0.2) is 36.7 Å². The van der Waals surface area contributed by atoms with Crippen molar-refractivity contribution >= 4 is 11.9 Å². The third-order valence-corrected chi connectivity index (χ3v) is 2.27. The van der Waals surface area contributed by atoms with Gasteiger partial charge in [-0.3, -0.25) is 14.9 Å². The molecule has 0 aliphatic heterocycles. The number of carbonyl (C=O) groups is 2. The van der Waals surface area contributed by atoms with Gasteiger partial charge in [-0.15, -0.1) is 0 Å². The van der Waals surface area contributed by atoms with Crippen LogP contribution in [0.3, 0.4) is 0 Å². The van der Waals surface area contributed by atoms with Crippen LogP contribution in [0.15, 0.2) is 30.3 Å². The van der Waals surface area contributed by atoms with E-state index in [2.05, 4.69) is 10.1 Å². The van der Waals surface area contributed by atoms with Crippen LogP contribution >= 0.6 is 0 Å². The molecule has 1 aromatic carbocycles. The first-order chi connectivity index (χ1) is 8.13. The van der Waals surface area contributed by atoms with Crippen molar-refractivity contribution in [1.82, 2.24) is 5.32 Å². The maximum atomic E-state index is 11.5. The quantitative estimate of drug-likeness (QED) is 0.702. The molecule has 17 heavy (non-hydrogen) atoms. The van der Waals surface area contributed by atoms with Crippen LogP contribution < -0.4 is 5.32 Å². The number of methoxy groups -OCH3 is 1. The van der Waals surface area contributed by atoms with Crippen molar-refractivity contribution in [3.8, 4) is 0 Å². The predicted molar refractivity (Wildman–Crippen MR) is 61.6 cm³/mol. The Morgan fingerprint density at radius 3 is 2.53 bits per heavy atom. The molecule has 1 rings (SSSR count). The van der Waals surface area contributed by atoms with E-state index in [1.165, 1.54) is 7.11 Å². The highest BCUT2D eigenvalue weighted by molar-refractivity contribution is 5.77. The van der Waals surface area contributed by atoms with Crippen LogP contribution in [0, 0.1) is 0 Å². The van der Waals surface area contributed by atoms with Crippen LogP contribution in [0.2, 0.25) is 0 Å². The number of nitrogens with one attached hydrogen (secondary N) is 1. The molecule has 92 valence electrons. The third-order valence-electron chi connectivity index (χ3n) is 2.27. The summed E-state index contributed by atoms with van der Waals surface area (Å²) in [6.07, 6.45) is 0.404. The molecule has 0 heterocycles. The van der Waals surface area contributed by atoms with Gasteiger partial charge >= 0.3 is 11.9 Å². The number of carboxylic acids is 1. The van der Waals surface area contributed by atoms with E-state index in [9.17, 15) is 9.59 Å². The monoisotopic (exact) mass is 237 g/mol. The van der Waals surface area contributed by atoms with Crippen molar-refractivity contribution in [2.24, 2.45) is 0 Å². The van der Waals surface area contributed by atoms with Crippen LogP contribution in [0.1, 0.15) is 5.56 Å². The predicted octanol–water partition coefficient (Wildman–Crippen LogP) is 0.445. The summed E-state index contributed by atoms with van der Waals surface area (Å²) < 4.78 is 4.62. The molecule has 5 heteroatoms. The number of carboxylic acid groups (broad SMARTS) is 1. The Hall–Kier alpha value is -1.88. The van der Waals surface area contributed by atoms with E-state index >= 15 is 0 Å². The van der Waals surface area contributed by atoms with E-state index in [0.717, 1.165) is 5.56 Å². The Kier molecular flexibility index (Phi) is 5.16. The highest BCUT2D eigenvalue weighted by Crippen LogP contribution is 2.04. The van der Waals surface area contributed by atoms with Gasteiger partial charge in [0.25, 0.3) is 0 Å². The van der Waals surface area contributed by atoms with Gasteiger partial charge in [0.2, 0.25) is 0 Å². The molecule has 2 N–H and O–H groups in total. The molecule has 0 bridgehead atoms. The maximum absolute atomic E-state index is 11.5. The minimum atomic E-state index is -1.01. The average Bonchev–Trinajstić information content (AvgIpc) is 2.34. The van der Waals surface area contributed by atoms with Gasteiger partial charge in [0.1, 0.15) is 6.04 Å². The number of hydrogen-bond acceptors (Lipinski definition) is 4. The first-order valence-electron chi connectivity index (χ1n) is 5.20. The molecule has 0 aliphatic rings. The number of benzene rings is 1. The van der Waals surface area contributed by atoms with Gasteiger partial charge < -0.3 is 9.84 Å². The van der Waals surface area contributed by atoms with Crippen LogP contribution in [0.5, 0.6) is 0 Å². The zero-order valence-corrected chi connectivity index (χ0v) is 9.55. The van der Waals surface area contributed by atoms with Gasteiger partial charge in [0, 0.05) is 0 Å². The zero-order chi connectivity index (χ0) is 12.7. The second-order valence-corrected chi connectivity index (χ2v) is 3.54. The lowest BCUT2D eigenvalue weighted by Crippen LogP contribution is -2.42. The topological polar surface area (TPSA) is 75.6 Å². The normalized spacial score (nSPS) is 11.8. The van der Waals surface area contributed by atoms with Gasteiger partial charge in [-0.2, -0.15) is 0 Å². The highest BCUT2D eigenvalue weighted by atomic mass is 16.5. The number of esters is 1. The Balaban J connectivity index is 2.63. The van der Waals surface area contributed by atoms with Gasteiger partial charge in [-0.05, 0) is 12.0 Å². The Morgan fingerprint density at radius 2 is 2.00 bits per heavy atom. The molecule has 5 nitrogen and oxygen atoms in total. The lowest BCUT2D eigenvalue weighted by molar-refractivity contribution is -0.143. The largest absolute Gasteiger partial charge is 0.480 e. The molecule has 0 saturated heterocycles. The van der Waals surface area contributed by atoms with Gasteiger partial charge in [-0.1, -0.05) is 30.3 Å². The van der Waals surface area contributed by atoms with Gasteiger partial charge in [-0.25, -0.2) is 0 Å². The number of ether oxygens (including phenoxy) is 1. The summed E-state index contributed by atoms with van der Waals surface area (Å²) >= 11 is 0. The number of carbonyl (C=O) groups excluding carboxylic acids is 1. The smallest absolute Gasteiger partial charge is 0.323 e.